The minimum Gasteiger partial charge on any atom is -0.508 e. The standard InChI is InChI=1S/C32H22O2/c33-25-11-5-9-23(19-25)29-17-15-21-7-1-3-13-27(21)31(29)32-28-14-4-2-8-22(28)16-18-30(32)24-10-6-12-26(34)20-24/h1-20,33-34H. The van der Waals surface area contributed by atoms with Crippen LogP contribution in [0.1, 0.15) is 0 Å². The molecule has 0 unspecified atom stereocenters. The average Bonchev–Trinajstić information content (AvgIpc) is 2.87. The molecule has 6 aromatic rings. The van der Waals surface area contributed by atoms with E-state index in [0.29, 0.717) is 0 Å². The number of phenolic OH excluding ortho intramolecular Hbond substituents is 2. The Bertz CT molecular complexity index is 1550. The molecule has 6 aromatic carbocycles. The third-order valence-corrected chi connectivity index (χ3v) is 6.42. The molecule has 6 rings (SSSR count). The van der Waals surface area contributed by atoms with Gasteiger partial charge in [-0.15, -0.1) is 0 Å². The molecule has 0 aromatic heterocycles. The van der Waals surface area contributed by atoms with Gasteiger partial charge in [0, 0.05) is 0 Å². The van der Waals surface area contributed by atoms with Gasteiger partial charge in [-0.25, -0.2) is 0 Å². The lowest BCUT2D eigenvalue weighted by atomic mass is 9.83. The molecule has 0 spiro atoms. The maximum Gasteiger partial charge on any atom is 0.116 e. The number of hydrogen-bond donors (Lipinski definition) is 2. The topological polar surface area (TPSA) is 40.5 Å². The summed E-state index contributed by atoms with van der Waals surface area (Å²) in [6.45, 7) is 0. The summed E-state index contributed by atoms with van der Waals surface area (Å²) >= 11 is 0. The zero-order chi connectivity index (χ0) is 23.1. The largest absolute Gasteiger partial charge is 0.508 e. The minimum absolute atomic E-state index is 0.239. The van der Waals surface area contributed by atoms with Crippen molar-refractivity contribution in [3.63, 3.8) is 0 Å². The summed E-state index contributed by atoms with van der Waals surface area (Å²) in [6.07, 6.45) is 0. The first-order valence-electron chi connectivity index (χ1n) is 11.3. The number of hydrogen-bond acceptors (Lipinski definition) is 2. The predicted molar refractivity (Wildman–Crippen MR) is 141 cm³/mol. The van der Waals surface area contributed by atoms with Crippen molar-refractivity contribution in [1.29, 1.82) is 0 Å². The highest BCUT2D eigenvalue weighted by atomic mass is 16.3. The number of rotatable bonds is 3. The predicted octanol–water partition coefficient (Wildman–Crippen LogP) is 8.41. The van der Waals surface area contributed by atoms with Crippen LogP contribution in [0.3, 0.4) is 0 Å². The van der Waals surface area contributed by atoms with Crippen LogP contribution < -0.4 is 0 Å². The van der Waals surface area contributed by atoms with Gasteiger partial charge in [-0.05, 0) is 79.2 Å². The number of aromatic hydroxyl groups is 2. The Morgan fingerprint density at radius 1 is 0.382 bits per heavy atom. The second kappa shape index (κ2) is 8.09. The lowest BCUT2D eigenvalue weighted by molar-refractivity contribution is 0.475. The summed E-state index contributed by atoms with van der Waals surface area (Å²) in [4.78, 5) is 0. The first-order chi connectivity index (χ1) is 16.7. The Labute approximate surface area is 198 Å². The molecule has 0 amide bonds. The monoisotopic (exact) mass is 438 g/mol. The van der Waals surface area contributed by atoms with Gasteiger partial charge in [0.1, 0.15) is 11.5 Å². The molecule has 0 aliphatic carbocycles. The van der Waals surface area contributed by atoms with Crippen molar-refractivity contribution in [1.82, 2.24) is 0 Å². The van der Waals surface area contributed by atoms with Gasteiger partial charge in [0.25, 0.3) is 0 Å². The van der Waals surface area contributed by atoms with Gasteiger partial charge in [0.05, 0.1) is 0 Å². The fourth-order valence-electron chi connectivity index (χ4n) is 4.91. The molecule has 2 nitrogen and oxygen atoms in total. The molecule has 0 bridgehead atoms. The van der Waals surface area contributed by atoms with Crippen molar-refractivity contribution in [3.05, 3.63) is 121 Å². The summed E-state index contributed by atoms with van der Waals surface area (Å²) in [5.74, 6) is 0.477. The Morgan fingerprint density at radius 3 is 1.26 bits per heavy atom. The molecule has 0 heterocycles. The van der Waals surface area contributed by atoms with Crippen molar-refractivity contribution >= 4 is 21.5 Å². The van der Waals surface area contributed by atoms with E-state index in [1.807, 2.05) is 36.4 Å². The van der Waals surface area contributed by atoms with E-state index < -0.39 is 0 Å². The molecule has 0 atom stereocenters. The highest BCUT2D eigenvalue weighted by Gasteiger charge is 2.19. The molecule has 0 aliphatic heterocycles. The van der Waals surface area contributed by atoms with E-state index in [-0.39, 0.29) is 11.5 Å². The summed E-state index contributed by atoms with van der Waals surface area (Å²) in [5, 5.41) is 25.1. The van der Waals surface area contributed by atoms with Crippen molar-refractivity contribution in [2.75, 3.05) is 0 Å². The van der Waals surface area contributed by atoms with Crippen LogP contribution >= 0.6 is 0 Å². The van der Waals surface area contributed by atoms with Crippen LogP contribution in [0.4, 0.5) is 0 Å². The van der Waals surface area contributed by atoms with Crippen molar-refractivity contribution in [3.8, 4) is 44.9 Å². The van der Waals surface area contributed by atoms with Crippen LogP contribution in [0.2, 0.25) is 0 Å². The van der Waals surface area contributed by atoms with Gasteiger partial charge in [-0.1, -0.05) is 97.1 Å². The van der Waals surface area contributed by atoms with E-state index >= 15 is 0 Å². The number of phenols is 2. The van der Waals surface area contributed by atoms with E-state index in [2.05, 4.69) is 72.8 Å². The first-order valence-corrected chi connectivity index (χ1v) is 11.3. The quantitative estimate of drug-likeness (QED) is 0.291. The highest BCUT2D eigenvalue weighted by molar-refractivity contribution is 6.14. The summed E-state index contributed by atoms with van der Waals surface area (Å²) in [5.41, 5.74) is 6.23. The SMILES string of the molecule is Oc1cccc(-c2ccc3ccccc3c2-c2c(-c3cccc(O)c3)ccc3ccccc23)c1. The average molecular weight is 439 g/mol. The Hall–Kier alpha value is -4.56. The highest BCUT2D eigenvalue weighted by Crippen LogP contribution is 2.46. The second-order valence-electron chi connectivity index (χ2n) is 8.52. The van der Waals surface area contributed by atoms with Gasteiger partial charge in [-0.2, -0.15) is 0 Å². The van der Waals surface area contributed by atoms with E-state index in [4.69, 9.17) is 0 Å². The Balaban J connectivity index is 1.81. The molecule has 2 heteroatoms. The fraction of sp³-hybridized carbons (Fsp3) is 0. The van der Waals surface area contributed by atoms with Crippen LogP contribution in [0.15, 0.2) is 121 Å². The van der Waals surface area contributed by atoms with E-state index in [9.17, 15) is 10.2 Å². The lowest BCUT2D eigenvalue weighted by Crippen LogP contribution is -1.93. The molecule has 34 heavy (non-hydrogen) atoms. The molecule has 0 saturated carbocycles. The van der Waals surface area contributed by atoms with Crippen LogP contribution in [0.5, 0.6) is 11.5 Å². The van der Waals surface area contributed by atoms with Crippen LogP contribution in [0.25, 0.3) is 54.9 Å². The van der Waals surface area contributed by atoms with Gasteiger partial charge in [-0.3, -0.25) is 0 Å². The molecular weight excluding hydrogens is 416 g/mol. The van der Waals surface area contributed by atoms with E-state index in [0.717, 1.165) is 54.9 Å². The fourth-order valence-corrected chi connectivity index (χ4v) is 4.91. The van der Waals surface area contributed by atoms with Gasteiger partial charge in [0.2, 0.25) is 0 Å². The van der Waals surface area contributed by atoms with Gasteiger partial charge < -0.3 is 10.2 Å². The minimum atomic E-state index is 0.239. The van der Waals surface area contributed by atoms with Gasteiger partial charge in [0.15, 0.2) is 0 Å². The molecule has 0 aliphatic rings. The molecular formula is C32H22O2. The second-order valence-corrected chi connectivity index (χ2v) is 8.52. The van der Waals surface area contributed by atoms with Crippen LogP contribution in [-0.2, 0) is 0 Å². The third kappa shape index (κ3) is 3.37. The zero-order valence-corrected chi connectivity index (χ0v) is 18.4. The van der Waals surface area contributed by atoms with Crippen molar-refractivity contribution < 1.29 is 10.2 Å². The Kier molecular flexibility index (Phi) is 4.78. The summed E-state index contributed by atoms with van der Waals surface area (Å²) < 4.78 is 0. The van der Waals surface area contributed by atoms with Crippen LogP contribution in [-0.4, -0.2) is 10.2 Å². The van der Waals surface area contributed by atoms with E-state index in [1.165, 1.54) is 0 Å². The first kappa shape index (κ1) is 20.1. The smallest absolute Gasteiger partial charge is 0.116 e. The maximum atomic E-state index is 10.3. The summed E-state index contributed by atoms with van der Waals surface area (Å²) in [6, 6.07) is 40.2. The molecule has 2 N–H and O–H groups in total. The van der Waals surface area contributed by atoms with Gasteiger partial charge >= 0.3 is 0 Å². The lowest BCUT2D eigenvalue weighted by Gasteiger charge is -2.20. The Morgan fingerprint density at radius 2 is 0.824 bits per heavy atom. The maximum absolute atomic E-state index is 10.3. The number of benzene rings is 6. The molecule has 162 valence electrons. The molecule has 0 saturated heterocycles. The van der Waals surface area contributed by atoms with Crippen molar-refractivity contribution in [2.24, 2.45) is 0 Å². The van der Waals surface area contributed by atoms with Crippen molar-refractivity contribution in [2.45, 2.75) is 0 Å². The molecule has 0 fully saturated rings. The van der Waals surface area contributed by atoms with E-state index in [1.54, 1.807) is 12.1 Å². The summed E-state index contributed by atoms with van der Waals surface area (Å²) in [7, 11) is 0. The third-order valence-electron chi connectivity index (χ3n) is 6.42. The number of fused-ring (bicyclic) bond motifs is 2. The molecule has 0 radical (unpaired) electrons. The van der Waals surface area contributed by atoms with Crippen LogP contribution in [0, 0.1) is 0 Å². The normalized spacial score (nSPS) is 11.2. The zero-order valence-electron chi connectivity index (χ0n) is 18.4.